The molecule has 0 spiro atoms. The summed E-state index contributed by atoms with van der Waals surface area (Å²) in [5.74, 6) is 0.662. The maximum atomic E-state index is 11.4. The van der Waals surface area contributed by atoms with Crippen LogP contribution in [-0.2, 0) is 7.05 Å². The Bertz CT molecular complexity index is 1180. The number of fused-ring (bicyclic) bond motifs is 1. The van der Waals surface area contributed by atoms with E-state index < -0.39 is 5.91 Å². The largest absolute Gasteiger partial charge is 0.492 e. The summed E-state index contributed by atoms with van der Waals surface area (Å²) in [6.45, 7) is 0. The number of nitrogens with one attached hydrogen (secondary N) is 1. The highest BCUT2D eigenvalue weighted by Crippen LogP contribution is 2.38. The van der Waals surface area contributed by atoms with Gasteiger partial charge in [-0.25, -0.2) is 4.98 Å². The van der Waals surface area contributed by atoms with E-state index in [1.165, 1.54) is 0 Å². The van der Waals surface area contributed by atoms with E-state index in [4.69, 9.17) is 22.1 Å². The molecule has 0 saturated heterocycles. The molecule has 2 heterocycles. The number of nitrogens with zero attached hydrogens (tertiary/aromatic N) is 3. The van der Waals surface area contributed by atoms with Crippen molar-refractivity contribution < 1.29 is 9.53 Å². The Labute approximate surface area is 159 Å². The van der Waals surface area contributed by atoms with Crippen molar-refractivity contribution in [3.05, 3.63) is 53.1 Å². The highest BCUT2D eigenvalue weighted by molar-refractivity contribution is 6.30. The predicted molar refractivity (Wildman–Crippen MR) is 104 cm³/mol. The summed E-state index contributed by atoms with van der Waals surface area (Å²) in [7, 11) is 3.40. The van der Waals surface area contributed by atoms with Gasteiger partial charge >= 0.3 is 0 Å². The van der Waals surface area contributed by atoms with Crippen LogP contribution in [0.15, 0.2) is 42.5 Å². The molecule has 0 saturated carbocycles. The molecule has 0 fully saturated rings. The van der Waals surface area contributed by atoms with Gasteiger partial charge in [-0.3, -0.25) is 9.48 Å². The molecule has 0 radical (unpaired) electrons. The van der Waals surface area contributed by atoms with Crippen LogP contribution < -0.4 is 10.5 Å². The van der Waals surface area contributed by atoms with Crippen molar-refractivity contribution >= 4 is 28.5 Å². The lowest BCUT2D eigenvalue weighted by atomic mass is 10.1. The molecule has 0 atom stereocenters. The SMILES string of the molecule is COc1c(-c2cccc(Cl)c2)nn(C)c1-c1nc2ccc(C(N)=O)cc2[nH]1. The average Bonchev–Trinajstić information content (AvgIpc) is 3.20. The first kappa shape index (κ1) is 17.1. The molecule has 136 valence electrons. The minimum Gasteiger partial charge on any atom is -0.492 e. The van der Waals surface area contributed by atoms with Gasteiger partial charge in [-0.15, -0.1) is 0 Å². The lowest BCUT2D eigenvalue weighted by Crippen LogP contribution is -2.10. The molecule has 0 unspecified atom stereocenters. The molecule has 3 N–H and O–H groups in total. The molecule has 4 rings (SSSR count). The number of halogens is 1. The molecule has 7 nitrogen and oxygen atoms in total. The third kappa shape index (κ3) is 2.92. The number of ether oxygens (including phenoxy) is 1. The Kier molecular flexibility index (Phi) is 4.08. The molecule has 0 aliphatic carbocycles. The van der Waals surface area contributed by atoms with E-state index in [-0.39, 0.29) is 0 Å². The summed E-state index contributed by atoms with van der Waals surface area (Å²) in [5, 5.41) is 5.20. The van der Waals surface area contributed by atoms with Gasteiger partial charge in [-0.05, 0) is 30.3 Å². The monoisotopic (exact) mass is 381 g/mol. The standard InChI is InChI=1S/C19H16ClN5O2/c1-25-16(17(27-2)15(24-25)10-4-3-5-12(20)8-10)19-22-13-7-6-11(18(21)26)9-14(13)23-19/h3-9H,1-2H3,(H2,21,26)(H,22,23). The summed E-state index contributed by atoms with van der Waals surface area (Å²) in [5.41, 5.74) is 9.37. The number of hydrogen-bond donors (Lipinski definition) is 2. The van der Waals surface area contributed by atoms with Gasteiger partial charge in [0.1, 0.15) is 11.4 Å². The van der Waals surface area contributed by atoms with E-state index in [1.54, 1.807) is 36.1 Å². The summed E-state index contributed by atoms with van der Waals surface area (Å²) < 4.78 is 7.34. The molecule has 4 aromatic rings. The molecule has 2 aromatic heterocycles. The Hall–Kier alpha value is -3.32. The zero-order valence-electron chi connectivity index (χ0n) is 14.7. The zero-order chi connectivity index (χ0) is 19.1. The number of aryl methyl sites for hydroxylation is 1. The van der Waals surface area contributed by atoms with Crippen molar-refractivity contribution in [2.24, 2.45) is 12.8 Å². The van der Waals surface area contributed by atoms with Gasteiger partial charge in [-0.1, -0.05) is 23.7 Å². The van der Waals surface area contributed by atoms with Crippen molar-refractivity contribution in [3.63, 3.8) is 0 Å². The first-order chi connectivity index (χ1) is 13.0. The maximum absolute atomic E-state index is 11.4. The van der Waals surface area contributed by atoms with Crippen LogP contribution in [0.1, 0.15) is 10.4 Å². The first-order valence-corrected chi connectivity index (χ1v) is 8.52. The van der Waals surface area contributed by atoms with E-state index in [1.807, 2.05) is 25.2 Å². The Morgan fingerprint density at radius 2 is 2.07 bits per heavy atom. The molecule has 8 heteroatoms. The van der Waals surface area contributed by atoms with E-state index in [2.05, 4.69) is 15.1 Å². The number of aromatic amines is 1. The first-order valence-electron chi connectivity index (χ1n) is 8.15. The van der Waals surface area contributed by atoms with E-state index in [0.717, 1.165) is 5.56 Å². The molecule has 0 aliphatic heterocycles. The van der Waals surface area contributed by atoms with Crippen LogP contribution >= 0.6 is 11.6 Å². The minimum atomic E-state index is -0.491. The number of carbonyl (C=O) groups is 1. The minimum absolute atomic E-state index is 0.411. The van der Waals surface area contributed by atoms with E-state index in [9.17, 15) is 4.79 Å². The lowest BCUT2D eigenvalue weighted by Gasteiger charge is -2.04. The normalized spacial score (nSPS) is 11.1. The number of carbonyl (C=O) groups excluding carboxylic acids is 1. The fourth-order valence-electron chi connectivity index (χ4n) is 3.06. The highest BCUT2D eigenvalue weighted by Gasteiger charge is 2.22. The molecule has 2 aromatic carbocycles. The number of methoxy groups -OCH3 is 1. The second-order valence-electron chi connectivity index (χ2n) is 6.05. The average molecular weight is 382 g/mol. The summed E-state index contributed by atoms with van der Waals surface area (Å²) in [6, 6.07) is 12.5. The zero-order valence-corrected chi connectivity index (χ0v) is 15.4. The number of imidazole rings is 1. The third-order valence-corrected chi connectivity index (χ3v) is 4.53. The second-order valence-corrected chi connectivity index (χ2v) is 6.48. The fourth-order valence-corrected chi connectivity index (χ4v) is 3.25. The van der Waals surface area contributed by atoms with Gasteiger partial charge in [-0.2, -0.15) is 5.10 Å². The topological polar surface area (TPSA) is 98.8 Å². The van der Waals surface area contributed by atoms with Crippen LogP contribution in [0.3, 0.4) is 0 Å². The molecule has 1 amide bonds. The molecular formula is C19H16ClN5O2. The van der Waals surface area contributed by atoms with Crippen LogP contribution in [0.4, 0.5) is 0 Å². The smallest absolute Gasteiger partial charge is 0.248 e. The number of benzene rings is 2. The Morgan fingerprint density at radius 1 is 1.26 bits per heavy atom. The number of amides is 1. The number of hydrogen-bond acceptors (Lipinski definition) is 4. The second kappa shape index (κ2) is 6.44. The van der Waals surface area contributed by atoms with Crippen LogP contribution in [0.5, 0.6) is 5.75 Å². The Morgan fingerprint density at radius 3 is 2.78 bits per heavy atom. The lowest BCUT2D eigenvalue weighted by molar-refractivity contribution is 0.100. The molecule has 0 bridgehead atoms. The maximum Gasteiger partial charge on any atom is 0.248 e. The summed E-state index contributed by atoms with van der Waals surface area (Å²) in [4.78, 5) is 19.2. The fraction of sp³-hybridized carbons (Fsp3) is 0.105. The van der Waals surface area contributed by atoms with E-state index in [0.29, 0.717) is 44.6 Å². The quantitative estimate of drug-likeness (QED) is 0.566. The molecular weight excluding hydrogens is 366 g/mol. The van der Waals surface area contributed by atoms with Crippen LogP contribution in [0.2, 0.25) is 5.02 Å². The van der Waals surface area contributed by atoms with Gasteiger partial charge in [0.2, 0.25) is 5.91 Å². The van der Waals surface area contributed by atoms with Crippen molar-refractivity contribution in [2.75, 3.05) is 7.11 Å². The molecule has 0 aliphatic rings. The van der Waals surface area contributed by atoms with Gasteiger partial charge in [0.25, 0.3) is 0 Å². The predicted octanol–water partition coefficient (Wildman–Crippen LogP) is 3.39. The Balaban J connectivity index is 1.89. The number of rotatable bonds is 4. The van der Waals surface area contributed by atoms with Crippen LogP contribution in [-0.4, -0.2) is 32.8 Å². The number of primary amides is 1. The highest BCUT2D eigenvalue weighted by atomic mass is 35.5. The van der Waals surface area contributed by atoms with Crippen LogP contribution in [0.25, 0.3) is 33.8 Å². The van der Waals surface area contributed by atoms with Crippen molar-refractivity contribution in [3.8, 4) is 28.5 Å². The molecule has 27 heavy (non-hydrogen) atoms. The van der Waals surface area contributed by atoms with Crippen molar-refractivity contribution in [1.29, 1.82) is 0 Å². The number of H-pyrrole nitrogens is 1. The third-order valence-electron chi connectivity index (χ3n) is 4.30. The van der Waals surface area contributed by atoms with Gasteiger partial charge < -0.3 is 15.5 Å². The number of aromatic nitrogens is 4. The van der Waals surface area contributed by atoms with Gasteiger partial charge in [0.05, 0.1) is 18.1 Å². The van der Waals surface area contributed by atoms with Gasteiger partial charge in [0.15, 0.2) is 11.6 Å². The summed E-state index contributed by atoms with van der Waals surface area (Å²) in [6.07, 6.45) is 0. The van der Waals surface area contributed by atoms with E-state index >= 15 is 0 Å². The number of nitrogens with two attached hydrogens (primary N) is 1. The van der Waals surface area contributed by atoms with Crippen LogP contribution in [0, 0.1) is 0 Å². The van der Waals surface area contributed by atoms with Crippen molar-refractivity contribution in [2.45, 2.75) is 0 Å². The van der Waals surface area contributed by atoms with Crippen molar-refractivity contribution in [1.82, 2.24) is 19.7 Å². The summed E-state index contributed by atoms with van der Waals surface area (Å²) >= 11 is 6.12. The van der Waals surface area contributed by atoms with Gasteiger partial charge in [0, 0.05) is 23.2 Å².